The van der Waals surface area contributed by atoms with Gasteiger partial charge in [0.15, 0.2) is 5.82 Å². The summed E-state index contributed by atoms with van der Waals surface area (Å²) in [7, 11) is 0. The van der Waals surface area contributed by atoms with E-state index in [2.05, 4.69) is 20.8 Å². The third-order valence-corrected chi connectivity index (χ3v) is 3.80. The van der Waals surface area contributed by atoms with Crippen molar-refractivity contribution in [2.45, 2.75) is 31.8 Å². The van der Waals surface area contributed by atoms with Gasteiger partial charge in [-0.15, -0.1) is 5.10 Å². The summed E-state index contributed by atoms with van der Waals surface area (Å²) < 4.78 is 1.63. The molecule has 3 N–H and O–H groups in total. The largest absolute Gasteiger partial charge is 0.348 e. The summed E-state index contributed by atoms with van der Waals surface area (Å²) >= 11 is 0. The maximum absolute atomic E-state index is 12.1. The number of amides is 1. The first-order valence-corrected chi connectivity index (χ1v) is 7.10. The molecule has 7 heteroatoms. The van der Waals surface area contributed by atoms with Gasteiger partial charge < -0.3 is 11.1 Å². The van der Waals surface area contributed by atoms with Crippen LogP contribution in [0, 0.1) is 5.92 Å². The molecule has 2 atom stereocenters. The lowest BCUT2D eigenvalue weighted by molar-refractivity contribution is -0.125. The number of nitrogens with zero attached hydrogens (tertiary/aromatic N) is 4. The van der Waals surface area contributed by atoms with Gasteiger partial charge in [0.1, 0.15) is 0 Å². The number of hydrogen-bond acceptors (Lipinski definition) is 5. The molecule has 1 aromatic heterocycles. The molecule has 0 aliphatic heterocycles. The first kappa shape index (κ1) is 13.7. The van der Waals surface area contributed by atoms with Gasteiger partial charge in [0.05, 0.1) is 12.2 Å². The van der Waals surface area contributed by atoms with Crippen molar-refractivity contribution in [2.75, 3.05) is 0 Å². The summed E-state index contributed by atoms with van der Waals surface area (Å²) in [4.78, 5) is 12.1. The zero-order valence-corrected chi connectivity index (χ0v) is 11.6. The number of nitrogens with one attached hydrogen (secondary N) is 1. The van der Waals surface area contributed by atoms with Crippen molar-refractivity contribution >= 4 is 5.91 Å². The second-order valence-corrected chi connectivity index (χ2v) is 5.33. The normalized spacial score (nSPS) is 21.4. The summed E-state index contributed by atoms with van der Waals surface area (Å²) in [5, 5.41) is 14.5. The number of tetrazole rings is 1. The van der Waals surface area contributed by atoms with Crippen molar-refractivity contribution in [2.24, 2.45) is 11.7 Å². The second kappa shape index (κ2) is 6.01. The molecule has 1 aliphatic carbocycles. The molecule has 21 heavy (non-hydrogen) atoms. The van der Waals surface area contributed by atoms with Crippen LogP contribution in [0.1, 0.15) is 25.1 Å². The minimum Gasteiger partial charge on any atom is -0.348 e. The molecule has 1 saturated carbocycles. The van der Waals surface area contributed by atoms with Crippen molar-refractivity contribution in [1.29, 1.82) is 0 Å². The lowest BCUT2D eigenvalue weighted by atomic mass is 10.1. The van der Waals surface area contributed by atoms with E-state index in [1.807, 2.05) is 30.3 Å². The van der Waals surface area contributed by atoms with E-state index in [1.165, 1.54) is 0 Å². The van der Waals surface area contributed by atoms with Crippen LogP contribution in [0.5, 0.6) is 0 Å². The number of aromatic nitrogens is 4. The standard InChI is InChI=1S/C14H18N6O/c15-11-7-6-10(8-11)14(21)16-9-13-17-18-19-20(13)12-4-2-1-3-5-12/h1-5,10-11H,6-9,15H2,(H,16,21)/t10-,11+/m0/s1. The van der Waals surface area contributed by atoms with Crippen molar-refractivity contribution in [3.63, 3.8) is 0 Å². The molecule has 110 valence electrons. The SMILES string of the molecule is N[C@@H]1CC[C@H](C(=O)NCc2nnnn2-c2ccccc2)C1. The fourth-order valence-corrected chi connectivity index (χ4v) is 2.65. The maximum atomic E-state index is 12.1. The van der Waals surface area contributed by atoms with E-state index in [0.717, 1.165) is 24.9 Å². The van der Waals surface area contributed by atoms with E-state index in [0.29, 0.717) is 12.4 Å². The van der Waals surface area contributed by atoms with E-state index >= 15 is 0 Å². The number of carbonyl (C=O) groups is 1. The van der Waals surface area contributed by atoms with Crippen molar-refractivity contribution in [3.05, 3.63) is 36.2 Å². The average molecular weight is 286 g/mol. The van der Waals surface area contributed by atoms with Crippen LogP contribution >= 0.6 is 0 Å². The molecular formula is C14H18N6O. The number of carbonyl (C=O) groups excluding carboxylic acids is 1. The lowest BCUT2D eigenvalue weighted by Crippen LogP contribution is -2.31. The third kappa shape index (κ3) is 3.08. The second-order valence-electron chi connectivity index (χ2n) is 5.33. The Kier molecular flexibility index (Phi) is 3.92. The van der Waals surface area contributed by atoms with Gasteiger partial charge in [-0.3, -0.25) is 4.79 Å². The summed E-state index contributed by atoms with van der Waals surface area (Å²) in [6.07, 6.45) is 2.53. The van der Waals surface area contributed by atoms with Gasteiger partial charge in [-0.05, 0) is 41.8 Å². The highest BCUT2D eigenvalue weighted by Crippen LogP contribution is 2.24. The molecule has 1 aliphatic rings. The van der Waals surface area contributed by atoms with E-state index in [4.69, 9.17) is 5.73 Å². The molecule has 1 aromatic carbocycles. The van der Waals surface area contributed by atoms with E-state index in [-0.39, 0.29) is 17.9 Å². The molecule has 1 heterocycles. The lowest BCUT2D eigenvalue weighted by Gasteiger charge is -2.10. The first-order valence-electron chi connectivity index (χ1n) is 7.10. The van der Waals surface area contributed by atoms with Crippen LogP contribution in [0.25, 0.3) is 5.69 Å². The smallest absolute Gasteiger partial charge is 0.223 e. The minimum atomic E-state index is 0.0149. The fourth-order valence-electron chi connectivity index (χ4n) is 2.65. The predicted molar refractivity (Wildman–Crippen MR) is 76.3 cm³/mol. The Labute approximate surface area is 122 Å². The number of benzene rings is 1. The van der Waals surface area contributed by atoms with Crippen molar-refractivity contribution in [1.82, 2.24) is 25.5 Å². The Morgan fingerprint density at radius 3 is 2.86 bits per heavy atom. The molecule has 0 saturated heterocycles. The zero-order chi connectivity index (χ0) is 14.7. The van der Waals surface area contributed by atoms with Crippen molar-refractivity contribution < 1.29 is 4.79 Å². The van der Waals surface area contributed by atoms with Gasteiger partial charge in [-0.25, -0.2) is 0 Å². The van der Waals surface area contributed by atoms with Crippen LogP contribution in [0.2, 0.25) is 0 Å². The predicted octanol–water partition coefficient (Wildman–Crippen LogP) is 0.406. The first-order chi connectivity index (χ1) is 10.2. The van der Waals surface area contributed by atoms with Gasteiger partial charge >= 0.3 is 0 Å². The zero-order valence-electron chi connectivity index (χ0n) is 11.6. The molecule has 0 unspecified atom stereocenters. The molecule has 0 spiro atoms. The molecule has 3 rings (SSSR count). The molecule has 7 nitrogen and oxygen atoms in total. The third-order valence-electron chi connectivity index (χ3n) is 3.80. The number of hydrogen-bond donors (Lipinski definition) is 2. The van der Waals surface area contributed by atoms with Gasteiger partial charge in [0, 0.05) is 12.0 Å². The van der Waals surface area contributed by atoms with Crippen LogP contribution in [0.15, 0.2) is 30.3 Å². The van der Waals surface area contributed by atoms with E-state index in [9.17, 15) is 4.79 Å². The topological polar surface area (TPSA) is 98.7 Å². The van der Waals surface area contributed by atoms with Gasteiger partial charge in [-0.2, -0.15) is 4.68 Å². The van der Waals surface area contributed by atoms with Gasteiger partial charge in [-0.1, -0.05) is 18.2 Å². The highest BCUT2D eigenvalue weighted by atomic mass is 16.1. The molecule has 1 amide bonds. The van der Waals surface area contributed by atoms with Crippen LogP contribution in [-0.4, -0.2) is 32.2 Å². The molecule has 0 bridgehead atoms. The highest BCUT2D eigenvalue weighted by Gasteiger charge is 2.27. The minimum absolute atomic E-state index is 0.0149. The Hall–Kier alpha value is -2.28. The molecule has 0 radical (unpaired) electrons. The monoisotopic (exact) mass is 286 g/mol. The number of para-hydroxylation sites is 1. The fraction of sp³-hybridized carbons (Fsp3) is 0.429. The van der Waals surface area contributed by atoms with Gasteiger partial charge in [0.2, 0.25) is 5.91 Å². The number of nitrogens with two attached hydrogens (primary N) is 1. The van der Waals surface area contributed by atoms with Crippen molar-refractivity contribution in [3.8, 4) is 5.69 Å². The summed E-state index contributed by atoms with van der Waals surface area (Å²) in [6, 6.07) is 9.74. The Morgan fingerprint density at radius 2 is 2.14 bits per heavy atom. The molecule has 2 aromatic rings. The quantitative estimate of drug-likeness (QED) is 0.848. The van der Waals surface area contributed by atoms with E-state index < -0.39 is 0 Å². The molecular weight excluding hydrogens is 268 g/mol. The van der Waals surface area contributed by atoms with E-state index in [1.54, 1.807) is 4.68 Å². The van der Waals surface area contributed by atoms with Crippen LogP contribution in [0.3, 0.4) is 0 Å². The summed E-state index contributed by atoms with van der Waals surface area (Å²) in [5.74, 6) is 0.656. The van der Waals surface area contributed by atoms with Crippen LogP contribution < -0.4 is 11.1 Å². The van der Waals surface area contributed by atoms with Crippen LogP contribution in [0.4, 0.5) is 0 Å². The average Bonchev–Trinajstić information content (AvgIpc) is 3.14. The maximum Gasteiger partial charge on any atom is 0.223 e. The Morgan fingerprint density at radius 1 is 1.33 bits per heavy atom. The van der Waals surface area contributed by atoms with Crippen LogP contribution in [-0.2, 0) is 11.3 Å². The summed E-state index contributed by atoms with van der Waals surface area (Å²) in [5.41, 5.74) is 6.71. The van der Waals surface area contributed by atoms with Gasteiger partial charge in [0.25, 0.3) is 0 Å². The molecule has 1 fully saturated rings. The Balaban J connectivity index is 1.64. The highest BCUT2D eigenvalue weighted by molar-refractivity contribution is 5.78. The number of rotatable bonds is 4. The Bertz CT molecular complexity index is 611. The summed E-state index contributed by atoms with van der Waals surface area (Å²) in [6.45, 7) is 0.312.